The number of aromatic nitrogens is 1. The minimum absolute atomic E-state index is 0.109. The summed E-state index contributed by atoms with van der Waals surface area (Å²) >= 11 is 0. The summed E-state index contributed by atoms with van der Waals surface area (Å²) < 4.78 is 28.0. The lowest BCUT2D eigenvalue weighted by Gasteiger charge is -2.26. The number of nitrogens with zero attached hydrogens (tertiary/aromatic N) is 2. The predicted molar refractivity (Wildman–Crippen MR) is 140 cm³/mol. The molecule has 1 atom stereocenters. The van der Waals surface area contributed by atoms with Gasteiger partial charge in [-0.3, -0.25) is 4.79 Å². The van der Waals surface area contributed by atoms with Crippen molar-refractivity contribution in [1.82, 2.24) is 9.88 Å². The van der Waals surface area contributed by atoms with Gasteiger partial charge in [-0.25, -0.2) is 9.88 Å². The third-order valence-electron chi connectivity index (χ3n) is 6.04. The normalized spacial score (nSPS) is 12.9. The lowest BCUT2D eigenvalue weighted by molar-refractivity contribution is -0.161. The Labute approximate surface area is 224 Å². The Balaban J connectivity index is 1.19. The third-order valence-corrected chi connectivity index (χ3v) is 6.04. The van der Waals surface area contributed by atoms with Gasteiger partial charge in [0.2, 0.25) is 12.7 Å². The van der Waals surface area contributed by atoms with Crippen LogP contribution >= 0.6 is 0 Å². The Kier molecular flexibility index (Phi) is 7.95. The number of rotatable bonds is 12. The van der Waals surface area contributed by atoms with Gasteiger partial charge in [0, 0.05) is 24.6 Å². The molecular weight excluding hydrogens is 504 g/mol. The zero-order valence-electron chi connectivity index (χ0n) is 21.3. The van der Waals surface area contributed by atoms with Gasteiger partial charge < -0.3 is 33.6 Å². The number of carbonyl (C=O) groups is 1. The van der Waals surface area contributed by atoms with Crippen molar-refractivity contribution >= 4 is 5.97 Å². The first-order valence-corrected chi connectivity index (χ1v) is 12.4. The average Bonchev–Trinajstić information content (AvgIpc) is 3.55. The number of ether oxygens (including phenoxy) is 4. The molecule has 1 unspecified atom stereocenters. The zero-order chi connectivity index (χ0) is 27.2. The van der Waals surface area contributed by atoms with E-state index in [2.05, 4.69) is 4.98 Å². The minimum Gasteiger partial charge on any atom is -0.493 e. The van der Waals surface area contributed by atoms with Crippen LogP contribution < -0.4 is 18.9 Å². The number of aryl methyl sites for hydroxylation is 1. The van der Waals surface area contributed by atoms with Gasteiger partial charge in [0.05, 0.1) is 12.3 Å². The number of aliphatic hydroxyl groups excluding tert-OH is 1. The van der Waals surface area contributed by atoms with Crippen LogP contribution in [-0.4, -0.2) is 52.4 Å². The first-order valence-electron chi connectivity index (χ1n) is 12.4. The van der Waals surface area contributed by atoms with Gasteiger partial charge in [-0.1, -0.05) is 30.3 Å². The Bertz CT molecular complexity index is 1420. The zero-order valence-corrected chi connectivity index (χ0v) is 21.3. The molecule has 0 spiro atoms. The van der Waals surface area contributed by atoms with Crippen LogP contribution in [0.25, 0.3) is 11.5 Å². The number of fused-ring (bicyclic) bond motifs is 1. The van der Waals surface area contributed by atoms with Gasteiger partial charge in [0.15, 0.2) is 11.5 Å². The van der Waals surface area contributed by atoms with Gasteiger partial charge in [0.1, 0.15) is 23.8 Å². The largest absolute Gasteiger partial charge is 0.493 e. The lowest BCUT2D eigenvalue weighted by Crippen LogP contribution is -2.42. The van der Waals surface area contributed by atoms with Gasteiger partial charge in [0.25, 0.3) is 6.41 Å². The summed E-state index contributed by atoms with van der Waals surface area (Å²) in [5, 5.41) is 20.1. The standard InChI is InChI=1S/C29H28N2O8/c1-19-24(30-28(38-19)21-7-3-2-4-8-21)12-13-35-22-9-5-6-20(14-22)16-31(17-27(32)33)29(34)39-23-10-11-25-26(15-23)37-18-36-25/h2-11,14-15,29,34H,12-13,16-18H2,1H3,(H,32,33). The second kappa shape index (κ2) is 11.9. The van der Waals surface area contributed by atoms with Crippen LogP contribution in [0.1, 0.15) is 17.0 Å². The van der Waals surface area contributed by atoms with E-state index in [1.807, 2.05) is 55.5 Å². The maximum absolute atomic E-state index is 11.5. The van der Waals surface area contributed by atoms with Gasteiger partial charge in [-0.15, -0.1) is 0 Å². The fourth-order valence-electron chi connectivity index (χ4n) is 4.13. The second-order valence-corrected chi connectivity index (χ2v) is 8.89. The summed E-state index contributed by atoms with van der Waals surface area (Å²) in [4.78, 5) is 17.4. The molecule has 5 rings (SSSR count). The van der Waals surface area contributed by atoms with Crippen molar-refractivity contribution in [1.29, 1.82) is 0 Å². The molecule has 1 aromatic heterocycles. The Morgan fingerprint density at radius 1 is 1.03 bits per heavy atom. The van der Waals surface area contributed by atoms with Crippen molar-refractivity contribution in [3.8, 4) is 34.5 Å². The van der Waals surface area contributed by atoms with E-state index in [1.165, 1.54) is 4.90 Å². The molecule has 0 radical (unpaired) electrons. The molecule has 0 saturated carbocycles. The van der Waals surface area contributed by atoms with E-state index in [1.54, 1.807) is 24.3 Å². The molecule has 1 aliphatic heterocycles. The van der Waals surface area contributed by atoms with Gasteiger partial charge >= 0.3 is 5.97 Å². The van der Waals surface area contributed by atoms with Crippen LogP contribution in [0.15, 0.2) is 77.2 Å². The first-order chi connectivity index (χ1) is 18.9. The number of carboxylic acids is 1. The Morgan fingerprint density at radius 2 is 1.85 bits per heavy atom. The summed E-state index contributed by atoms with van der Waals surface area (Å²) in [5.41, 5.74) is 2.48. The van der Waals surface area contributed by atoms with E-state index < -0.39 is 18.9 Å². The maximum atomic E-state index is 11.5. The fraction of sp³-hybridized carbons (Fsp3) is 0.241. The quantitative estimate of drug-likeness (QED) is 0.256. The topological polar surface area (TPSA) is 124 Å². The third kappa shape index (κ3) is 6.67. The van der Waals surface area contributed by atoms with E-state index in [9.17, 15) is 15.0 Å². The molecule has 4 aromatic rings. The van der Waals surface area contributed by atoms with Crippen molar-refractivity contribution in [3.63, 3.8) is 0 Å². The highest BCUT2D eigenvalue weighted by Crippen LogP contribution is 2.35. The van der Waals surface area contributed by atoms with Gasteiger partial charge in [-0.05, 0) is 48.9 Å². The van der Waals surface area contributed by atoms with Crippen molar-refractivity contribution in [3.05, 3.63) is 89.8 Å². The number of aliphatic carboxylic acids is 1. The number of hydrogen-bond acceptors (Lipinski definition) is 9. The molecule has 10 nitrogen and oxygen atoms in total. The van der Waals surface area contributed by atoms with Crippen molar-refractivity contribution in [2.45, 2.75) is 26.3 Å². The molecule has 0 aliphatic carbocycles. The molecule has 0 fully saturated rings. The van der Waals surface area contributed by atoms with Crippen LogP contribution in [0.3, 0.4) is 0 Å². The monoisotopic (exact) mass is 532 g/mol. The fourth-order valence-corrected chi connectivity index (χ4v) is 4.13. The smallest absolute Gasteiger partial charge is 0.317 e. The Hall–Kier alpha value is -4.54. The van der Waals surface area contributed by atoms with E-state index in [0.29, 0.717) is 41.9 Å². The first kappa shape index (κ1) is 26.1. The van der Waals surface area contributed by atoms with Crippen molar-refractivity contribution in [2.75, 3.05) is 19.9 Å². The molecule has 3 aromatic carbocycles. The molecule has 0 saturated heterocycles. The van der Waals surface area contributed by atoms with E-state index in [-0.39, 0.29) is 13.3 Å². The summed E-state index contributed by atoms with van der Waals surface area (Å²) in [6.07, 6.45) is -0.959. The van der Waals surface area contributed by atoms with Crippen molar-refractivity contribution < 1.29 is 38.4 Å². The summed E-state index contributed by atoms with van der Waals surface area (Å²) in [5.74, 6) is 2.21. The second-order valence-electron chi connectivity index (χ2n) is 8.89. The molecule has 1 aliphatic rings. The maximum Gasteiger partial charge on any atom is 0.317 e. The van der Waals surface area contributed by atoms with Crippen LogP contribution in [0.5, 0.6) is 23.0 Å². The van der Waals surface area contributed by atoms with Gasteiger partial charge in [-0.2, -0.15) is 0 Å². The summed E-state index contributed by atoms with van der Waals surface area (Å²) in [7, 11) is 0. The molecule has 2 N–H and O–H groups in total. The highest BCUT2D eigenvalue weighted by molar-refractivity contribution is 5.69. The van der Waals surface area contributed by atoms with Crippen LogP contribution in [0.4, 0.5) is 0 Å². The molecule has 0 amide bonds. The SMILES string of the molecule is Cc1oc(-c2ccccc2)nc1CCOc1cccc(CN(CC(=O)O)C(O)Oc2ccc3c(c2)OCO3)c1. The van der Waals surface area contributed by atoms with Crippen LogP contribution in [0, 0.1) is 6.92 Å². The molecular formula is C29H28N2O8. The summed E-state index contributed by atoms with van der Waals surface area (Å²) in [6.45, 7) is 2.03. The van der Waals surface area contributed by atoms with Crippen LogP contribution in [-0.2, 0) is 17.8 Å². The van der Waals surface area contributed by atoms with E-state index in [4.69, 9.17) is 23.4 Å². The number of oxazole rings is 1. The lowest BCUT2D eigenvalue weighted by atomic mass is 10.2. The predicted octanol–water partition coefficient (Wildman–Crippen LogP) is 4.24. The highest BCUT2D eigenvalue weighted by Gasteiger charge is 2.22. The highest BCUT2D eigenvalue weighted by atomic mass is 16.7. The average molecular weight is 533 g/mol. The molecule has 2 heterocycles. The number of carboxylic acid groups (broad SMARTS) is 1. The molecule has 0 bridgehead atoms. The minimum atomic E-state index is -1.51. The molecule has 39 heavy (non-hydrogen) atoms. The van der Waals surface area contributed by atoms with Crippen molar-refractivity contribution in [2.24, 2.45) is 0 Å². The Morgan fingerprint density at radius 3 is 2.67 bits per heavy atom. The number of aliphatic hydroxyl groups is 1. The molecule has 10 heteroatoms. The number of benzene rings is 3. The van der Waals surface area contributed by atoms with E-state index >= 15 is 0 Å². The summed E-state index contributed by atoms with van der Waals surface area (Å²) in [6, 6.07) is 21.8. The number of hydrogen-bond donors (Lipinski definition) is 2. The van der Waals surface area contributed by atoms with Crippen LogP contribution in [0.2, 0.25) is 0 Å². The molecule has 202 valence electrons. The van der Waals surface area contributed by atoms with E-state index in [0.717, 1.165) is 22.6 Å².